The number of nitriles is 1. The van der Waals surface area contributed by atoms with Crippen LogP contribution in [0.4, 0.5) is 5.00 Å². The number of amides is 1. The van der Waals surface area contributed by atoms with Gasteiger partial charge in [0.2, 0.25) is 0 Å². The van der Waals surface area contributed by atoms with Crippen molar-refractivity contribution in [3.63, 3.8) is 0 Å². The molecule has 0 unspecified atom stereocenters. The molecule has 0 radical (unpaired) electrons. The first-order valence-corrected chi connectivity index (χ1v) is 12.2. The maximum Gasteiger partial charge on any atom is 0.257 e. The minimum atomic E-state index is -0.325. The van der Waals surface area contributed by atoms with E-state index in [-0.39, 0.29) is 16.4 Å². The second-order valence-electron chi connectivity index (χ2n) is 8.61. The Balaban J connectivity index is 1.71. The van der Waals surface area contributed by atoms with Gasteiger partial charge in [0.1, 0.15) is 16.8 Å². The highest BCUT2D eigenvalue weighted by Crippen LogP contribution is 2.44. The van der Waals surface area contributed by atoms with Crippen LogP contribution in [0.3, 0.4) is 0 Å². The Morgan fingerprint density at radius 1 is 1.42 bits per heavy atom. The third-order valence-electron chi connectivity index (χ3n) is 5.55. The van der Waals surface area contributed by atoms with Gasteiger partial charge in [-0.1, -0.05) is 20.8 Å². The lowest BCUT2D eigenvalue weighted by Crippen LogP contribution is -2.34. The number of thiocarbonyl (C=S) groups is 1. The molecule has 8 heteroatoms. The van der Waals surface area contributed by atoms with E-state index in [1.54, 1.807) is 29.5 Å². The van der Waals surface area contributed by atoms with E-state index in [0.717, 1.165) is 24.8 Å². The zero-order valence-corrected chi connectivity index (χ0v) is 21.3. The minimum absolute atomic E-state index is 0.178. The summed E-state index contributed by atoms with van der Waals surface area (Å²) in [4.78, 5) is 13.9. The highest BCUT2D eigenvalue weighted by Gasteiger charge is 2.32. The predicted octanol–water partition coefficient (Wildman–Crippen LogP) is 6.06. The van der Waals surface area contributed by atoms with Crippen LogP contribution in [-0.2, 0) is 12.8 Å². The van der Waals surface area contributed by atoms with Crippen molar-refractivity contribution in [3.8, 4) is 11.8 Å². The van der Waals surface area contributed by atoms with Crippen molar-refractivity contribution >= 4 is 55.5 Å². The number of anilines is 1. The van der Waals surface area contributed by atoms with Crippen LogP contribution >= 0.6 is 39.5 Å². The van der Waals surface area contributed by atoms with E-state index >= 15 is 0 Å². The summed E-state index contributed by atoms with van der Waals surface area (Å²) in [5, 5.41) is 16.4. The number of rotatable bonds is 4. The van der Waals surface area contributed by atoms with Gasteiger partial charge in [0.05, 0.1) is 16.6 Å². The van der Waals surface area contributed by atoms with Crippen LogP contribution in [0, 0.1) is 22.7 Å². The van der Waals surface area contributed by atoms with Gasteiger partial charge in [0.25, 0.3) is 5.91 Å². The van der Waals surface area contributed by atoms with Crippen LogP contribution in [0.15, 0.2) is 22.7 Å². The number of fused-ring (bicyclic) bond motifs is 1. The maximum atomic E-state index is 12.6. The molecule has 3 rings (SSSR count). The van der Waals surface area contributed by atoms with E-state index in [9.17, 15) is 10.1 Å². The molecule has 0 spiro atoms. The van der Waals surface area contributed by atoms with Gasteiger partial charge in [-0.3, -0.25) is 10.1 Å². The summed E-state index contributed by atoms with van der Waals surface area (Å²) in [6.07, 6.45) is 2.95. The Kier molecular flexibility index (Phi) is 7.40. The van der Waals surface area contributed by atoms with Gasteiger partial charge in [-0.2, -0.15) is 5.26 Å². The van der Waals surface area contributed by atoms with E-state index in [1.807, 2.05) is 6.92 Å². The molecule has 0 aliphatic heterocycles. The Bertz CT molecular complexity index is 1050. The quantitative estimate of drug-likeness (QED) is 0.480. The molecule has 1 atom stereocenters. The van der Waals surface area contributed by atoms with Crippen molar-refractivity contribution in [1.82, 2.24) is 5.32 Å². The average Bonchev–Trinajstić information content (AvgIpc) is 3.04. The van der Waals surface area contributed by atoms with Crippen molar-refractivity contribution < 1.29 is 9.53 Å². The molecular formula is C23H26BrN3O2S2. The molecule has 0 fully saturated rings. The van der Waals surface area contributed by atoms with Crippen LogP contribution in [0.5, 0.6) is 5.75 Å². The summed E-state index contributed by atoms with van der Waals surface area (Å²) in [5.74, 6) is 0.938. The monoisotopic (exact) mass is 519 g/mol. The van der Waals surface area contributed by atoms with Crippen molar-refractivity contribution in [2.75, 3.05) is 11.9 Å². The number of carbonyl (C=O) groups is 1. The smallest absolute Gasteiger partial charge is 0.257 e. The van der Waals surface area contributed by atoms with Gasteiger partial charge < -0.3 is 10.1 Å². The van der Waals surface area contributed by atoms with E-state index in [2.05, 4.69) is 53.4 Å². The molecular weight excluding hydrogens is 494 g/mol. The minimum Gasteiger partial charge on any atom is -0.493 e. The number of carbonyl (C=O) groups excluding carboxylic acids is 1. The van der Waals surface area contributed by atoms with E-state index in [1.165, 1.54) is 4.88 Å². The summed E-state index contributed by atoms with van der Waals surface area (Å²) in [6.45, 7) is 9.25. The van der Waals surface area contributed by atoms with Crippen LogP contribution < -0.4 is 15.4 Å². The second-order valence-corrected chi connectivity index (χ2v) is 11.0. The number of thiophene rings is 1. The van der Waals surface area contributed by atoms with Gasteiger partial charge in [0, 0.05) is 10.4 Å². The van der Waals surface area contributed by atoms with Gasteiger partial charge in [-0.05, 0) is 89.4 Å². The summed E-state index contributed by atoms with van der Waals surface area (Å²) < 4.78 is 6.18. The number of hydrogen-bond acceptors (Lipinski definition) is 5. The van der Waals surface area contributed by atoms with Crippen molar-refractivity contribution in [3.05, 3.63) is 44.2 Å². The van der Waals surface area contributed by atoms with Gasteiger partial charge in [-0.25, -0.2) is 0 Å². The zero-order valence-electron chi connectivity index (χ0n) is 18.1. The zero-order chi connectivity index (χ0) is 22.8. The standard InChI is InChI=1S/C23H26BrN3O2S2/c1-5-29-18-9-6-13(10-17(18)24)20(28)26-22(30)27-21-16(12-25)15-8-7-14(23(2,3)4)11-19(15)31-21/h6,9-10,14H,5,7-8,11H2,1-4H3,(H2,26,27,28,30)/t14-/m0/s1. The fourth-order valence-electron chi connectivity index (χ4n) is 3.76. The van der Waals surface area contributed by atoms with Gasteiger partial charge in [-0.15, -0.1) is 11.3 Å². The SMILES string of the molecule is CCOc1ccc(C(=O)NC(=S)Nc2sc3c(c2C#N)CC[C@H](C(C)(C)C)C3)cc1Br. The number of halogens is 1. The van der Waals surface area contributed by atoms with Crippen molar-refractivity contribution in [2.45, 2.75) is 47.0 Å². The highest BCUT2D eigenvalue weighted by atomic mass is 79.9. The fourth-order valence-corrected chi connectivity index (χ4v) is 5.79. The first kappa shape index (κ1) is 23.7. The number of nitrogens with zero attached hydrogens (tertiary/aromatic N) is 1. The average molecular weight is 521 g/mol. The van der Waals surface area contributed by atoms with E-state index in [4.69, 9.17) is 17.0 Å². The summed E-state index contributed by atoms with van der Waals surface area (Å²) in [7, 11) is 0. The molecule has 1 aliphatic carbocycles. The molecule has 5 nitrogen and oxygen atoms in total. The molecule has 1 aromatic carbocycles. The molecule has 0 saturated carbocycles. The molecule has 0 saturated heterocycles. The molecule has 164 valence electrons. The number of ether oxygens (including phenoxy) is 1. The summed E-state index contributed by atoms with van der Waals surface area (Å²) >= 11 is 10.4. The lowest BCUT2D eigenvalue weighted by atomic mass is 9.72. The molecule has 1 aromatic heterocycles. The molecule has 2 aromatic rings. The van der Waals surface area contributed by atoms with Gasteiger partial charge in [0.15, 0.2) is 5.11 Å². The van der Waals surface area contributed by atoms with Crippen LogP contribution in [0.1, 0.15) is 60.5 Å². The summed E-state index contributed by atoms with van der Waals surface area (Å²) in [5.41, 5.74) is 2.46. The van der Waals surface area contributed by atoms with E-state index in [0.29, 0.717) is 38.9 Å². The molecule has 1 amide bonds. The molecule has 2 N–H and O–H groups in total. The second kappa shape index (κ2) is 9.68. The molecule has 1 aliphatic rings. The van der Waals surface area contributed by atoms with Gasteiger partial charge >= 0.3 is 0 Å². The third kappa shape index (κ3) is 5.46. The normalized spacial score (nSPS) is 15.5. The largest absolute Gasteiger partial charge is 0.493 e. The lowest BCUT2D eigenvalue weighted by molar-refractivity contribution is 0.0977. The Morgan fingerprint density at radius 2 is 2.16 bits per heavy atom. The maximum absolute atomic E-state index is 12.6. The number of benzene rings is 1. The van der Waals surface area contributed by atoms with Crippen molar-refractivity contribution in [2.24, 2.45) is 11.3 Å². The first-order valence-electron chi connectivity index (χ1n) is 10.2. The van der Waals surface area contributed by atoms with Crippen molar-refractivity contribution in [1.29, 1.82) is 5.26 Å². The third-order valence-corrected chi connectivity index (χ3v) is 7.54. The topological polar surface area (TPSA) is 74.2 Å². The summed E-state index contributed by atoms with van der Waals surface area (Å²) in [6, 6.07) is 7.45. The molecule has 1 heterocycles. The number of hydrogen-bond donors (Lipinski definition) is 2. The first-order chi connectivity index (χ1) is 14.6. The van der Waals surface area contributed by atoms with Crippen LogP contribution in [0.2, 0.25) is 0 Å². The van der Waals surface area contributed by atoms with Crippen LogP contribution in [0.25, 0.3) is 0 Å². The Labute approximate surface area is 201 Å². The number of nitrogens with one attached hydrogen (secondary N) is 2. The highest BCUT2D eigenvalue weighted by molar-refractivity contribution is 9.10. The van der Waals surface area contributed by atoms with E-state index < -0.39 is 0 Å². The Morgan fingerprint density at radius 3 is 2.77 bits per heavy atom. The van der Waals surface area contributed by atoms with Crippen LogP contribution in [-0.4, -0.2) is 17.6 Å². The Hall–Kier alpha value is -1.95. The fraction of sp³-hybridized carbons (Fsp3) is 0.435. The predicted molar refractivity (Wildman–Crippen MR) is 133 cm³/mol. The molecule has 0 bridgehead atoms. The lowest BCUT2D eigenvalue weighted by Gasteiger charge is -2.33. The molecule has 31 heavy (non-hydrogen) atoms.